The van der Waals surface area contributed by atoms with E-state index in [9.17, 15) is 18.3 Å². The standard InChI is InChI=1S/C24H27N5O5S/c1-24(2,3)20(18-13-14-9-6-7-12-17(14)34-18)26-22-21(27-35(32,33)28-22)25-16-11-8-10-15(19(16)30)23(31)29(4)5/h6-13,20,30H,1-5H3,(H,25,27)(H,26,28)/t20-/m0/s1. The number of furan rings is 1. The van der Waals surface area contributed by atoms with Crippen LogP contribution >= 0.6 is 0 Å². The Labute approximate surface area is 203 Å². The van der Waals surface area contributed by atoms with Gasteiger partial charge in [-0.15, -0.1) is 8.80 Å². The third-order valence-corrected chi connectivity index (χ3v) is 6.27. The van der Waals surface area contributed by atoms with Crippen molar-refractivity contribution >= 4 is 44.4 Å². The molecule has 2 aromatic carbocycles. The number of amides is 1. The summed E-state index contributed by atoms with van der Waals surface area (Å²) in [5.41, 5.74) is 0.467. The lowest BCUT2D eigenvalue weighted by atomic mass is 9.85. The van der Waals surface area contributed by atoms with Gasteiger partial charge < -0.3 is 25.1 Å². The Balaban J connectivity index is 1.68. The Morgan fingerprint density at radius 1 is 1.06 bits per heavy atom. The average molecular weight is 498 g/mol. The maximum absolute atomic E-state index is 12.4. The zero-order valence-corrected chi connectivity index (χ0v) is 20.8. The van der Waals surface area contributed by atoms with Crippen LogP contribution < -0.4 is 10.6 Å². The number of para-hydroxylation sites is 2. The van der Waals surface area contributed by atoms with Crippen molar-refractivity contribution in [3.63, 3.8) is 0 Å². The van der Waals surface area contributed by atoms with Crippen LogP contribution in [0.4, 0.5) is 5.69 Å². The molecular weight excluding hydrogens is 470 g/mol. The summed E-state index contributed by atoms with van der Waals surface area (Å²) in [5, 5.41) is 17.6. The number of amidine groups is 2. The molecule has 0 aliphatic carbocycles. The van der Waals surface area contributed by atoms with Gasteiger partial charge in [0.1, 0.15) is 11.3 Å². The van der Waals surface area contributed by atoms with Crippen LogP contribution in [0.5, 0.6) is 5.75 Å². The van der Waals surface area contributed by atoms with Gasteiger partial charge in [-0.1, -0.05) is 45.0 Å². The number of phenolic OH excluding ortho intramolecular Hbond substituents is 1. The number of phenols is 1. The highest BCUT2D eigenvalue weighted by atomic mass is 32.2. The lowest BCUT2D eigenvalue weighted by Crippen LogP contribution is -2.41. The molecule has 0 fully saturated rings. The Morgan fingerprint density at radius 2 is 1.74 bits per heavy atom. The number of hydrogen-bond donors (Lipinski definition) is 3. The molecule has 0 saturated carbocycles. The fraction of sp³-hybridized carbons (Fsp3) is 0.292. The Morgan fingerprint density at radius 3 is 2.40 bits per heavy atom. The number of hydrogen-bond acceptors (Lipinski definition) is 7. The first kappa shape index (κ1) is 24.3. The highest BCUT2D eigenvalue weighted by Crippen LogP contribution is 2.36. The second-order valence-electron chi connectivity index (χ2n) is 9.48. The first-order valence-electron chi connectivity index (χ1n) is 10.9. The molecule has 3 aromatic rings. The zero-order valence-electron chi connectivity index (χ0n) is 20.0. The molecule has 10 nitrogen and oxygen atoms in total. The summed E-state index contributed by atoms with van der Waals surface area (Å²) < 4.78 is 38.1. The van der Waals surface area contributed by atoms with E-state index in [1.807, 2.05) is 51.1 Å². The van der Waals surface area contributed by atoms with Crippen molar-refractivity contribution in [3.05, 3.63) is 59.9 Å². The molecule has 1 aliphatic rings. The van der Waals surface area contributed by atoms with Gasteiger partial charge in [-0.25, -0.2) is 0 Å². The molecule has 184 valence electrons. The van der Waals surface area contributed by atoms with Crippen LogP contribution in [-0.2, 0) is 10.2 Å². The minimum absolute atomic E-state index is 0.0332. The van der Waals surface area contributed by atoms with Gasteiger partial charge in [0.25, 0.3) is 5.91 Å². The van der Waals surface area contributed by atoms with Gasteiger partial charge in [0.05, 0.1) is 17.3 Å². The molecule has 1 atom stereocenters. The molecule has 1 aliphatic heterocycles. The van der Waals surface area contributed by atoms with Gasteiger partial charge in [0.15, 0.2) is 17.4 Å². The Hall–Kier alpha value is -3.86. The molecule has 0 spiro atoms. The average Bonchev–Trinajstić information content (AvgIpc) is 3.31. The molecule has 0 saturated heterocycles. The molecule has 35 heavy (non-hydrogen) atoms. The van der Waals surface area contributed by atoms with Gasteiger partial charge in [0, 0.05) is 19.5 Å². The summed E-state index contributed by atoms with van der Waals surface area (Å²) in [6, 6.07) is 13.5. The van der Waals surface area contributed by atoms with Crippen molar-refractivity contribution < 1.29 is 22.7 Å². The summed E-state index contributed by atoms with van der Waals surface area (Å²) in [7, 11) is -1.02. The quantitative estimate of drug-likeness (QED) is 0.468. The van der Waals surface area contributed by atoms with Gasteiger partial charge in [-0.2, -0.15) is 8.42 Å². The SMILES string of the molecule is CN(C)C(=O)c1cccc(NC2=NS(=O)(=O)N=C2N[C@@H](c2cc3ccccc3o2)C(C)(C)C)c1O. The number of fused-ring (bicyclic) bond motifs is 1. The summed E-state index contributed by atoms with van der Waals surface area (Å²) in [6.45, 7) is 5.94. The predicted octanol–water partition coefficient (Wildman–Crippen LogP) is 3.68. The molecule has 0 radical (unpaired) electrons. The van der Waals surface area contributed by atoms with Crippen molar-refractivity contribution in [3.8, 4) is 5.75 Å². The fourth-order valence-corrected chi connectivity index (χ4v) is 4.47. The largest absolute Gasteiger partial charge is 0.505 e. The summed E-state index contributed by atoms with van der Waals surface area (Å²) in [5.74, 6) is -0.278. The number of rotatable bonds is 4. The smallest absolute Gasteiger partial charge is 0.367 e. The Bertz CT molecular complexity index is 1430. The van der Waals surface area contributed by atoms with Crippen molar-refractivity contribution in [1.29, 1.82) is 0 Å². The van der Waals surface area contributed by atoms with Crippen molar-refractivity contribution in [2.45, 2.75) is 26.8 Å². The Kier molecular flexibility index (Phi) is 6.05. The molecule has 1 aromatic heterocycles. The number of carbonyl (C=O) groups is 1. The summed E-state index contributed by atoms with van der Waals surface area (Å²) in [4.78, 5) is 13.7. The lowest BCUT2D eigenvalue weighted by molar-refractivity contribution is 0.0824. The van der Waals surface area contributed by atoms with E-state index in [0.717, 1.165) is 5.39 Å². The minimum atomic E-state index is -4.15. The van der Waals surface area contributed by atoms with E-state index in [1.165, 1.54) is 17.0 Å². The number of aromatic hydroxyl groups is 1. The number of anilines is 1. The fourth-order valence-electron chi connectivity index (χ4n) is 3.70. The molecule has 0 unspecified atom stereocenters. The first-order valence-corrected chi connectivity index (χ1v) is 12.3. The number of benzene rings is 2. The molecular formula is C24H27N5O5S. The van der Waals surface area contributed by atoms with Gasteiger partial charge in [0.2, 0.25) is 0 Å². The molecule has 0 bridgehead atoms. The molecule has 11 heteroatoms. The molecule has 2 heterocycles. The topological polar surface area (TPSA) is 137 Å². The second kappa shape index (κ2) is 8.73. The maximum Gasteiger partial charge on any atom is 0.367 e. The minimum Gasteiger partial charge on any atom is -0.505 e. The van der Waals surface area contributed by atoms with Crippen LogP contribution in [0.25, 0.3) is 11.0 Å². The van der Waals surface area contributed by atoms with E-state index < -0.39 is 27.6 Å². The zero-order chi connectivity index (χ0) is 25.5. The van der Waals surface area contributed by atoms with E-state index in [-0.39, 0.29) is 28.7 Å². The van der Waals surface area contributed by atoms with Crippen molar-refractivity contribution in [2.24, 2.45) is 14.2 Å². The van der Waals surface area contributed by atoms with Gasteiger partial charge in [-0.3, -0.25) is 4.79 Å². The summed E-state index contributed by atoms with van der Waals surface area (Å²) in [6.07, 6.45) is 0. The highest BCUT2D eigenvalue weighted by molar-refractivity contribution is 7.89. The predicted molar refractivity (Wildman–Crippen MR) is 135 cm³/mol. The van der Waals surface area contributed by atoms with Crippen LogP contribution in [0, 0.1) is 5.41 Å². The molecule has 4 rings (SSSR count). The van der Waals surface area contributed by atoms with Crippen molar-refractivity contribution in [1.82, 2.24) is 10.2 Å². The van der Waals surface area contributed by atoms with Crippen LogP contribution in [0.2, 0.25) is 0 Å². The van der Waals surface area contributed by atoms with Crippen molar-refractivity contribution in [2.75, 3.05) is 19.4 Å². The maximum atomic E-state index is 12.4. The number of carbonyl (C=O) groups excluding carboxylic acids is 1. The van der Waals surface area contributed by atoms with Gasteiger partial charge in [-0.05, 0) is 29.7 Å². The lowest BCUT2D eigenvalue weighted by Gasteiger charge is -2.30. The third kappa shape index (κ3) is 4.99. The van der Waals surface area contributed by atoms with Crippen LogP contribution in [0.3, 0.4) is 0 Å². The van der Waals surface area contributed by atoms with Crippen LogP contribution in [-0.4, -0.2) is 50.1 Å². The molecule has 1 amide bonds. The van der Waals surface area contributed by atoms with E-state index >= 15 is 0 Å². The third-order valence-electron chi connectivity index (χ3n) is 5.44. The van der Waals surface area contributed by atoms with E-state index in [2.05, 4.69) is 19.4 Å². The van der Waals surface area contributed by atoms with E-state index in [0.29, 0.717) is 11.3 Å². The van der Waals surface area contributed by atoms with E-state index in [4.69, 9.17) is 4.42 Å². The normalized spacial score (nSPS) is 15.9. The molecule has 3 N–H and O–H groups in total. The number of nitrogens with one attached hydrogen (secondary N) is 2. The second-order valence-corrected chi connectivity index (χ2v) is 10.7. The number of nitrogens with zero attached hydrogens (tertiary/aromatic N) is 3. The van der Waals surface area contributed by atoms with Crippen LogP contribution in [0.15, 0.2) is 61.7 Å². The first-order chi connectivity index (χ1) is 16.4. The summed E-state index contributed by atoms with van der Waals surface area (Å²) >= 11 is 0. The monoisotopic (exact) mass is 497 g/mol. The van der Waals surface area contributed by atoms with Crippen LogP contribution in [0.1, 0.15) is 42.9 Å². The van der Waals surface area contributed by atoms with E-state index in [1.54, 1.807) is 20.2 Å². The highest BCUT2D eigenvalue weighted by Gasteiger charge is 2.34. The van der Waals surface area contributed by atoms with Gasteiger partial charge >= 0.3 is 10.2 Å².